The first-order valence-corrected chi connectivity index (χ1v) is 5.02. The van der Waals surface area contributed by atoms with Gasteiger partial charge in [-0.25, -0.2) is 0 Å². The summed E-state index contributed by atoms with van der Waals surface area (Å²) in [4.78, 5) is 34.2. The third-order valence-corrected chi connectivity index (χ3v) is 2.58. The maximum atomic E-state index is 11.5. The van der Waals surface area contributed by atoms with Crippen LogP contribution in [0.2, 0.25) is 0 Å². The molecular weight excluding hydrogens is 204 g/mol. The Morgan fingerprint density at radius 3 is 1.62 bits per heavy atom. The summed E-state index contributed by atoms with van der Waals surface area (Å²) in [6, 6.07) is 3.14. The van der Waals surface area contributed by atoms with Crippen LogP contribution < -0.4 is 0 Å². The third-order valence-electron chi connectivity index (χ3n) is 2.58. The lowest BCUT2D eigenvalue weighted by molar-refractivity contribution is 0.0978. The van der Waals surface area contributed by atoms with Gasteiger partial charge in [-0.3, -0.25) is 14.4 Å². The summed E-state index contributed by atoms with van der Waals surface area (Å²) < 4.78 is 0. The van der Waals surface area contributed by atoms with Crippen molar-refractivity contribution in [2.75, 3.05) is 0 Å². The monoisotopic (exact) mass is 218 g/mol. The van der Waals surface area contributed by atoms with Crippen molar-refractivity contribution in [3.63, 3.8) is 0 Å². The third kappa shape index (κ3) is 2.08. The average Bonchev–Trinajstić information content (AvgIpc) is 2.15. The second kappa shape index (κ2) is 4.39. The minimum absolute atomic E-state index is 0.102. The lowest BCUT2D eigenvalue weighted by Gasteiger charge is -2.10. The normalized spacial score (nSPS) is 10.0. The number of hydrogen-bond acceptors (Lipinski definition) is 3. The Hall–Kier alpha value is -1.77. The molecule has 0 radical (unpaired) electrons. The van der Waals surface area contributed by atoms with Gasteiger partial charge >= 0.3 is 0 Å². The summed E-state index contributed by atoms with van der Waals surface area (Å²) in [6.07, 6.45) is 0. The van der Waals surface area contributed by atoms with E-state index < -0.39 is 0 Å². The molecule has 0 amide bonds. The topological polar surface area (TPSA) is 51.2 Å². The Labute approximate surface area is 94.5 Å². The van der Waals surface area contributed by atoms with Crippen LogP contribution in [-0.4, -0.2) is 17.3 Å². The molecular formula is C13H14O3. The van der Waals surface area contributed by atoms with E-state index in [-0.39, 0.29) is 17.3 Å². The van der Waals surface area contributed by atoms with E-state index in [1.165, 1.54) is 20.8 Å². The summed E-state index contributed by atoms with van der Waals surface area (Å²) in [5.41, 5.74) is 1.83. The summed E-state index contributed by atoms with van der Waals surface area (Å²) in [5.74, 6) is -0.454. The van der Waals surface area contributed by atoms with Crippen molar-refractivity contribution in [1.82, 2.24) is 0 Å². The van der Waals surface area contributed by atoms with Gasteiger partial charge in [0.2, 0.25) is 0 Å². The zero-order chi connectivity index (χ0) is 12.5. The molecule has 0 aliphatic heterocycles. The molecule has 0 spiro atoms. The van der Waals surface area contributed by atoms with Gasteiger partial charge in [-0.05, 0) is 39.3 Å². The molecule has 0 saturated heterocycles. The zero-order valence-electron chi connectivity index (χ0n) is 9.88. The van der Waals surface area contributed by atoms with Crippen molar-refractivity contribution in [3.05, 3.63) is 34.4 Å². The van der Waals surface area contributed by atoms with E-state index in [1.807, 2.05) is 0 Å². The van der Waals surface area contributed by atoms with Crippen LogP contribution in [0.5, 0.6) is 0 Å². The second-order valence-electron chi connectivity index (χ2n) is 3.83. The number of ketones is 3. The van der Waals surface area contributed by atoms with Crippen LogP contribution >= 0.6 is 0 Å². The van der Waals surface area contributed by atoms with Crippen molar-refractivity contribution in [1.29, 1.82) is 0 Å². The van der Waals surface area contributed by atoms with Crippen molar-refractivity contribution >= 4 is 17.3 Å². The highest BCUT2D eigenvalue weighted by Gasteiger charge is 2.17. The number of carbonyl (C=O) groups is 3. The molecule has 0 atom stereocenters. The van der Waals surface area contributed by atoms with Crippen LogP contribution in [0, 0.1) is 6.92 Å². The maximum Gasteiger partial charge on any atom is 0.160 e. The molecule has 0 fully saturated rings. The molecule has 1 rings (SSSR count). The van der Waals surface area contributed by atoms with E-state index in [0.717, 1.165) is 0 Å². The smallest absolute Gasteiger partial charge is 0.160 e. The SMILES string of the molecule is CC(=O)c1ccc(C(C)=O)c(C(C)=O)c1C. The summed E-state index contributed by atoms with van der Waals surface area (Å²) in [5, 5.41) is 0. The highest BCUT2D eigenvalue weighted by atomic mass is 16.1. The van der Waals surface area contributed by atoms with Crippen LogP contribution in [-0.2, 0) is 0 Å². The van der Waals surface area contributed by atoms with Crippen LogP contribution in [0.1, 0.15) is 57.4 Å². The molecule has 0 heterocycles. The molecule has 1 aromatic carbocycles. The average molecular weight is 218 g/mol. The molecule has 0 aliphatic rings. The van der Waals surface area contributed by atoms with Crippen molar-refractivity contribution < 1.29 is 14.4 Å². The minimum atomic E-state index is -0.189. The Bertz CT molecular complexity index is 484. The van der Waals surface area contributed by atoms with Gasteiger partial charge in [-0.2, -0.15) is 0 Å². The number of Topliss-reactive ketones (excluding diaryl/α,β-unsaturated/α-hetero) is 3. The molecule has 1 aromatic rings. The van der Waals surface area contributed by atoms with Gasteiger partial charge < -0.3 is 0 Å². The number of carbonyl (C=O) groups excluding carboxylic acids is 3. The van der Waals surface area contributed by atoms with Gasteiger partial charge in [0.25, 0.3) is 0 Å². The predicted molar refractivity (Wildman–Crippen MR) is 61.2 cm³/mol. The van der Waals surface area contributed by atoms with Gasteiger partial charge in [0.15, 0.2) is 17.3 Å². The van der Waals surface area contributed by atoms with Gasteiger partial charge in [0, 0.05) is 16.7 Å². The van der Waals surface area contributed by atoms with Crippen molar-refractivity contribution in [2.24, 2.45) is 0 Å². The standard InChI is InChI=1S/C13H14O3/c1-7-11(8(2)14)5-6-12(9(3)15)13(7)10(4)16/h5-6H,1-4H3. The minimum Gasteiger partial charge on any atom is -0.295 e. The molecule has 3 nitrogen and oxygen atoms in total. The maximum absolute atomic E-state index is 11.5. The van der Waals surface area contributed by atoms with Crippen LogP contribution in [0.3, 0.4) is 0 Å². The lowest BCUT2D eigenvalue weighted by atomic mass is 9.91. The fourth-order valence-corrected chi connectivity index (χ4v) is 1.84. The van der Waals surface area contributed by atoms with E-state index in [4.69, 9.17) is 0 Å². The van der Waals surface area contributed by atoms with Crippen molar-refractivity contribution in [2.45, 2.75) is 27.7 Å². The van der Waals surface area contributed by atoms with Gasteiger partial charge in [-0.15, -0.1) is 0 Å². The van der Waals surface area contributed by atoms with E-state index >= 15 is 0 Å². The first-order valence-electron chi connectivity index (χ1n) is 5.02. The number of rotatable bonds is 3. The van der Waals surface area contributed by atoms with Crippen LogP contribution in [0.25, 0.3) is 0 Å². The van der Waals surface area contributed by atoms with Crippen LogP contribution in [0.15, 0.2) is 12.1 Å². The molecule has 0 aromatic heterocycles. The molecule has 0 N–H and O–H groups in total. The van der Waals surface area contributed by atoms with Gasteiger partial charge in [-0.1, -0.05) is 6.07 Å². The Morgan fingerprint density at radius 1 is 0.812 bits per heavy atom. The van der Waals surface area contributed by atoms with Crippen LogP contribution in [0.4, 0.5) is 0 Å². The van der Waals surface area contributed by atoms with Crippen molar-refractivity contribution in [3.8, 4) is 0 Å². The Kier molecular flexibility index (Phi) is 3.38. The predicted octanol–water partition coefficient (Wildman–Crippen LogP) is 2.60. The summed E-state index contributed by atoms with van der Waals surface area (Å²) >= 11 is 0. The molecule has 0 bridgehead atoms. The fraction of sp³-hybridized carbons (Fsp3) is 0.308. The molecule has 16 heavy (non-hydrogen) atoms. The highest BCUT2D eigenvalue weighted by molar-refractivity contribution is 6.10. The first kappa shape index (κ1) is 12.3. The molecule has 0 unspecified atom stereocenters. The Morgan fingerprint density at radius 2 is 1.25 bits per heavy atom. The molecule has 0 aliphatic carbocycles. The zero-order valence-corrected chi connectivity index (χ0v) is 9.88. The molecule has 84 valence electrons. The molecule has 0 saturated carbocycles. The second-order valence-corrected chi connectivity index (χ2v) is 3.83. The van der Waals surface area contributed by atoms with E-state index in [9.17, 15) is 14.4 Å². The lowest BCUT2D eigenvalue weighted by Crippen LogP contribution is -2.10. The van der Waals surface area contributed by atoms with E-state index in [2.05, 4.69) is 0 Å². The van der Waals surface area contributed by atoms with E-state index in [1.54, 1.807) is 19.1 Å². The fourth-order valence-electron chi connectivity index (χ4n) is 1.84. The molecule has 3 heteroatoms. The number of benzene rings is 1. The first-order chi connectivity index (χ1) is 7.36. The largest absolute Gasteiger partial charge is 0.295 e. The summed E-state index contributed by atoms with van der Waals surface area (Å²) in [7, 11) is 0. The quantitative estimate of drug-likeness (QED) is 0.733. The van der Waals surface area contributed by atoms with Gasteiger partial charge in [0.05, 0.1) is 0 Å². The highest BCUT2D eigenvalue weighted by Crippen LogP contribution is 2.20. The van der Waals surface area contributed by atoms with E-state index in [0.29, 0.717) is 22.3 Å². The number of hydrogen-bond donors (Lipinski definition) is 0. The summed E-state index contributed by atoms with van der Waals surface area (Å²) in [6.45, 7) is 5.95. The Balaban J connectivity index is 3.60. The van der Waals surface area contributed by atoms with Gasteiger partial charge in [0.1, 0.15) is 0 Å².